The van der Waals surface area contributed by atoms with Crippen molar-refractivity contribution in [1.82, 2.24) is 15.5 Å². The van der Waals surface area contributed by atoms with Crippen LogP contribution < -0.4 is 10.6 Å². The van der Waals surface area contributed by atoms with Crippen molar-refractivity contribution in [3.63, 3.8) is 0 Å². The first-order valence-corrected chi connectivity index (χ1v) is 8.82. The van der Waals surface area contributed by atoms with Crippen molar-refractivity contribution in [3.8, 4) is 0 Å². The molecule has 0 aliphatic carbocycles. The third kappa shape index (κ3) is 7.63. The van der Waals surface area contributed by atoms with Crippen LogP contribution >= 0.6 is 35.3 Å². The quantitative estimate of drug-likeness (QED) is 0.378. The molecule has 2 aromatic rings. The van der Waals surface area contributed by atoms with Gasteiger partial charge in [-0.05, 0) is 43.6 Å². The molecule has 24 heavy (non-hydrogen) atoms. The number of aliphatic imine (C=N–C) groups is 1. The van der Waals surface area contributed by atoms with Crippen molar-refractivity contribution in [2.24, 2.45) is 4.99 Å². The van der Waals surface area contributed by atoms with E-state index in [9.17, 15) is 0 Å². The Morgan fingerprint density at radius 1 is 1.08 bits per heavy atom. The third-order valence-corrected chi connectivity index (χ3v) is 4.17. The molecule has 2 rings (SSSR count). The second kappa shape index (κ2) is 11.4. The van der Waals surface area contributed by atoms with E-state index in [1.165, 1.54) is 16.0 Å². The number of hydrogen-bond donors (Lipinski definition) is 2. The van der Waals surface area contributed by atoms with Crippen LogP contribution in [0.2, 0.25) is 0 Å². The monoisotopic (exact) mass is 458 g/mol. The summed E-state index contributed by atoms with van der Waals surface area (Å²) in [5, 5.41) is 8.76. The minimum Gasteiger partial charge on any atom is -0.357 e. The number of hydrogen-bond acceptors (Lipinski definition) is 3. The average Bonchev–Trinajstić information content (AvgIpc) is 3.04. The molecule has 0 fully saturated rings. The highest BCUT2D eigenvalue weighted by Crippen LogP contribution is 2.08. The van der Waals surface area contributed by atoms with Crippen molar-refractivity contribution in [2.45, 2.75) is 26.6 Å². The lowest BCUT2D eigenvalue weighted by Crippen LogP contribution is -2.36. The van der Waals surface area contributed by atoms with Crippen molar-refractivity contribution in [3.05, 3.63) is 57.8 Å². The highest BCUT2D eigenvalue weighted by Gasteiger charge is 2.00. The van der Waals surface area contributed by atoms with E-state index in [2.05, 4.69) is 83.3 Å². The largest absolute Gasteiger partial charge is 0.357 e. The van der Waals surface area contributed by atoms with Gasteiger partial charge in [0.2, 0.25) is 0 Å². The van der Waals surface area contributed by atoms with Crippen LogP contribution in [0.5, 0.6) is 0 Å². The summed E-state index contributed by atoms with van der Waals surface area (Å²) in [6, 6.07) is 12.9. The maximum atomic E-state index is 4.66. The Morgan fingerprint density at radius 3 is 2.38 bits per heavy atom. The molecule has 1 heterocycles. The first-order chi connectivity index (χ1) is 11.2. The Bertz CT molecular complexity index is 594. The molecule has 2 N–H and O–H groups in total. The number of thiophene rings is 1. The molecule has 0 atom stereocenters. The topological polar surface area (TPSA) is 39.7 Å². The smallest absolute Gasteiger partial charge is 0.191 e. The predicted octanol–water partition coefficient (Wildman–Crippen LogP) is 3.68. The van der Waals surface area contributed by atoms with Crippen molar-refractivity contribution in [1.29, 1.82) is 0 Å². The van der Waals surface area contributed by atoms with Gasteiger partial charge in [0.05, 0.1) is 13.1 Å². The van der Waals surface area contributed by atoms with E-state index in [0.29, 0.717) is 6.54 Å². The van der Waals surface area contributed by atoms with Gasteiger partial charge in [-0.25, -0.2) is 4.99 Å². The van der Waals surface area contributed by atoms with Crippen LogP contribution in [0.25, 0.3) is 0 Å². The predicted molar refractivity (Wildman–Crippen MR) is 115 cm³/mol. The fourth-order valence-corrected chi connectivity index (χ4v) is 2.86. The molecule has 0 aliphatic rings. The molecule has 0 aliphatic heterocycles. The zero-order chi connectivity index (χ0) is 16.5. The Kier molecular flexibility index (Phi) is 9.97. The first-order valence-electron chi connectivity index (χ1n) is 7.94. The molecular weight excluding hydrogens is 431 g/mol. The van der Waals surface area contributed by atoms with Gasteiger partial charge in [0.15, 0.2) is 5.96 Å². The molecule has 1 aromatic carbocycles. The van der Waals surface area contributed by atoms with Crippen molar-refractivity contribution in [2.75, 3.05) is 20.6 Å². The van der Waals surface area contributed by atoms with Gasteiger partial charge in [0, 0.05) is 18.0 Å². The Hall–Kier alpha value is -1.12. The van der Waals surface area contributed by atoms with Crippen molar-refractivity contribution < 1.29 is 0 Å². The SMILES string of the molecule is CCNC(=NCc1ccc(CN(C)C)cc1)NCc1cccs1.I. The average molecular weight is 458 g/mol. The molecule has 0 spiro atoms. The third-order valence-electron chi connectivity index (χ3n) is 3.30. The van der Waals surface area contributed by atoms with Crippen LogP contribution in [0.1, 0.15) is 22.9 Å². The number of nitrogens with zero attached hydrogens (tertiary/aromatic N) is 2. The van der Waals surface area contributed by atoms with Gasteiger partial charge < -0.3 is 15.5 Å². The minimum atomic E-state index is 0. The van der Waals surface area contributed by atoms with Crippen molar-refractivity contribution >= 4 is 41.3 Å². The van der Waals surface area contributed by atoms with E-state index < -0.39 is 0 Å². The van der Waals surface area contributed by atoms with Gasteiger partial charge in [-0.3, -0.25) is 0 Å². The summed E-state index contributed by atoms with van der Waals surface area (Å²) in [7, 11) is 4.17. The molecule has 132 valence electrons. The summed E-state index contributed by atoms with van der Waals surface area (Å²) < 4.78 is 0. The lowest BCUT2D eigenvalue weighted by molar-refractivity contribution is 0.402. The van der Waals surface area contributed by atoms with Gasteiger partial charge in [0.25, 0.3) is 0 Å². The second-order valence-electron chi connectivity index (χ2n) is 5.68. The maximum absolute atomic E-state index is 4.66. The van der Waals surface area contributed by atoms with Crippen LogP contribution in [-0.2, 0) is 19.6 Å². The van der Waals surface area contributed by atoms with E-state index in [1.807, 2.05) is 0 Å². The standard InChI is InChI=1S/C18H26N4S.HI/c1-4-19-18(21-13-17-6-5-11-23-17)20-12-15-7-9-16(10-8-15)14-22(2)3;/h5-11H,4,12-14H2,1-3H3,(H2,19,20,21);1H. The second-order valence-corrected chi connectivity index (χ2v) is 6.71. The number of nitrogens with one attached hydrogen (secondary N) is 2. The Balaban J connectivity index is 0.00000288. The number of rotatable bonds is 7. The van der Waals surface area contributed by atoms with Crippen LogP contribution in [0.15, 0.2) is 46.8 Å². The van der Waals surface area contributed by atoms with Crippen LogP contribution in [0.4, 0.5) is 0 Å². The Labute approximate surface area is 166 Å². The van der Waals surface area contributed by atoms with E-state index in [4.69, 9.17) is 0 Å². The zero-order valence-electron chi connectivity index (χ0n) is 14.6. The van der Waals surface area contributed by atoms with Gasteiger partial charge >= 0.3 is 0 Å². The highest BCUT2D eigenvalue weighted by molar-refractivity contribution is 14.0. The van der Waals surface area contributed by atoms with Gasteiger partial charge in [0.1, 0.15) is 0 Å². The molecule has 0 bridgehead atoms. The normalized spacial score (nSPS) is 11.2. The molecule has 1 aromatic heterocycles. The molecular formula is C18H27IN4S. The zero-order valence-corrected chi connectivity index (χ0v) is 17.7. The van der Waals surface area contributed by atoms with E-state index >= 15 is 0 Å². The molecule has 0 radical (unpaired) electrons. The van der Waals surface area contributed by atoms with E-state index in [1.54, 1.807) is 11.3 Å². The minimum absolute atomic E-state index is 0. The fraction of sp³-hybridized carbons (Fsp3) is 0.389. The summed E-state index contributed by atoms with van der Waals surface area (Å²) in [5.74, 6) is 0.860. The maximum Gasteiger partial charge on any atom is 0.191 e. The number of halogens is 1. The van der Waals surface area contributed by atoms with Crippen LogP contribution in [0.3, 0.4) is 0 Å². The van der Waals surface area contributed by atoms with Gasteiger partial charge in [-0.15, -0.1) is 35.3 Å². The van der Waals surface area contributed by atoms with Crippen LogP contribution in [0, 0.1) is 0 Å². The first kappa shape index (κ1) is 20.9. The van der Waals surface area contributed by atoms with E-state index in [0.717, 1.165) is 25.6 Å². The lowest BCUT2D eigenvalue weighted by atomic mass is 10.1. The fourth-order valence-electron chi connectivity index (χ4n) is 2.21. The van der Waals surface area contributed by atoms with Crippen LogP contribution in [-0.4, -0.2) is 31.5 Å². The molecule has 0 saturated heterocycles. The summed E-state index contributed by atoms with van der Waals surface area (Å²) in [5.41, 5.74) is 2.55. The molecule has 0 unspecified atom stereocenters. The summed E-state index contributed by atoms with van der Waals surface area (Å²) >= 11 is 1.75. The summed E-state index contributed by atoms with van der Waals surface area (Å²) in [4.78, 5) is 8.14. The molecule has 0 amide bonds. The number of benzene rings is 1. The summed E-state index contributed by atoms with van der Waals surface area (Å²) in [6.45, 7) is 5.40. The Morgan fingerprint density at radius 2 is 1.79 bits per heavy atom. The van der Waals surface area contributed by atoms with E-state index in [-0.39, 0.29) is 24.0 Å². The highest BCUT2D eigenvalue weighted by atomic mass is 127. The molecule has 0 saturated carbocycles. The molecule has 6 heteroatoms. The summed E-state index contributed by atoms with van der Waals surface area (Å²) in [6.07, 6.45) is 0. The van der Waals surface area contributed by atoms with Gasteiger partial charge in [-0.1, -0.05) is 30.3 Å². The lowest BCUT2D eigenvalue weighted by Gasteiger charge is -2.11. The molecule has 4 nitrogen and oxygen atoms in total. The number of guanidine groups is 1. The van der Waals surface area contributed by atoms with Gasteiger partial charge in [-0.2, -0.15) is 0 Å².